The molecule has 1 heterocycles. The molecule has 170 valence electrons. The summed E-state index contributed by atoms with van der Waals surface area (Å²) in [5, 5.41) is 2.87. The normalized spacial score (nSPS) is 25.2. The lowest BCUT2D eigenvalue weighted by Gasteiger charge is -2.25. The van der Waals surface area contributed by atoms with Crippen LogP contribution in [0.5, 0.6) is 0 Å². The molecular formula is C24H24F4N2O2. The van der Waals surface area contributed by atoms with Crippen LogP contribution >= 0.6 is 0 Å². The van der Waals surface area contributed by atoms with Crippen molar-refractivity contribution in [3.8, 4) is 0 Å². The highest BCUT2D eigenvalue weighted by Crippen LogP contribution is 2.46. The highest BCUT2D eigenvalue weighted by Gasteiger charge is 2.50. The Morgan fingerprint density at radius 2 is 1.88 bits per heavy atom. The minimum atomic E-state index is -4.39. The molecule has 1 N–H and O–H groups in total. The summed E-state index contributed by atoms with van der Waals surface area (Å²) in [4.78, 5) is 26.8. The molecule has 1 aliphatic carbocycles. The van der Waals surface area contributed by atoms with E-state index in [2.05, 4.69) is 12.2 Å². The van der Waals surface area contributed by atoms with Gasteiger partial charge < -0.3 is 10.2 Å². The average Bonchev–Trinajstić information content (AvgIpc) is 3.19. The van der Waals surface area contributed by atoms with Gasteiger partial charge in [0.1, 0.15) is 5.82 Å². The van der Waals surface area contributed by atoms with Gasteiger partial charge in [0.15, 0.2) is 0 Å². The predicted molar refractivity (Wildman–Crippen MR) is 110 cm³/mol. The number of likely N-dealkylation sites (tertiary alicyclic amines) is 1. The van der Waals surface area contributed by atoms with Crippen LogP contribution in [-0.2, 0) is 17.5 Å². The van der Waals surface area contributed by atoms with Crippen LogP contribution in [-0.4, -0.2) is 29.3 Å². The lowest BCUT2D eigenvalue weighted by atomic mass is 9.88. The molecule has 8 heteroatoms. The van der Waals surface area contributed by atoms with Gasteiger partial charge in [-0.2, -0.15) is 13.2 Å². The summed E-state index contributed by atoms with van der Waals surface area (Å²) in [5.41, 5.74) is 0.191. The number of rotatable bonds is 5. The molecule has 0 bridgehead atoms. The molecule has 1 saturated heterocycles. The number of hydrogen-bond donors (Lipinski definition) is 1. The molecule has 1 saturated carbocycles. The molecule has 0 aromatic heterocycles. The van der Waals surface area contributed by atoms with Gasteiger partial charge in [0, 0.05) is 31.1 Å². The Morgan fingerprint density at radius 1 is 1.16 bits per heavy atom. The number of hydrogen-bond acceptors (Lipinski definition) is 2. The second kappa shape index (κ2) is 8.56. The largest absolute Gasteiger partial charge is 0.416 e. The molecule has 2 aromatic carbocycles. The van der Waals surface area contributed by atoms with Gasteiger partial charge in [-0.3, -0.25) is 9.59 Å². The Balaban J connectivity index is 1.40. The van der Waals surface area contributed by atoms with Gasteiger partial charge in [-0.15, -0.1) is 0 Å². The van der Waals surface area contributed by atoms with Crippen molar-refractivity contribution in [1.29, 1.82) is 0 Å². The zero-order valence-electron chi connectivity index (χ0n) is 17.5. The zero-order chi connectivity index (χ0) is 23.0. The number of alkyl halides is 3. The molecular weight excluding hydrogens is 424 g/mol. The van der Waals surface area contributed by atoms with E-state index in [1.807, 2.05) is 0 Å². The van der Waals surface area contributed by atoms with Crippen LogP contribution in [0.1, 0.15) is 41.3 Å². The van der Waals surface area contributed by atoms with E-state index in [1.54, 1.807) is 11.0 Å². The summed E-state index contributed by atoms with van der Waals surface area (Å²) in [7, 11) is 0. The molecule has 2 fully saturated rings. The number of fused-ring (bicyclic) bond motifs is 1. The number of nitrogens with one attached hydrogen (secondary N) is 1. The third kappa shape index (κ3) is 4.49. The summed E-state index contributed by atoms with van der Waals surface area (Å²) in [5.74, 6) is -0.425. The molecule has 4 atom stereocenters. The highest BCUT2D eigenvalue weighted by atomic mass is 19.4. The molecule has 2 amide bonds. The predicted octanol–water partition coefficient (Wildman–Crippen LogP) is 4.65. The highest BCUT2D eigenvalue weighted by molar-refractivity contribution is 5.94. The van der Waals surface area contributed by atoms with Crippen LogP contribution in [0.15, 0.2) is 48.5 Å². The average molecular weight is 448 g/mol. The third-order valence-electron chi connectivity index (χ3n) is 6.74. The van der Waals surface area contributed by atoms with Crippen molar-refractivity contribution < 1.29 is 27.2 Å². The second-order valence-electron chi connectivity index (χ2n) is 8.75. The number of amides is 2. The summed E-state index contributed by atoms with van der Waals surface area (Å²) in [6, 6.07) is 10.4. The van der Waals surface area contributed by atoms with Gasteiger partial charge in [0.05, 0.1) is 5.56 Å². The maximum Gasteiger partial charge on any atom is 0.416 e. The first-order valence-corrected chi connectivity index (χ1v) is 10.6. The first kappa shape index (κ1) is 22.3. The molecule has 1 aliphatic heterocycles. The maximum absolute atomic E-state index is 13.4. The van der Waals surface area contributed by atoms with Crippen LogP contribution in [0.4, 0.5) is 17.6 Å². The molecule has 2 aromatic rings. The lowest BCUT2D eigenvalue weighted by Crippen LogP contribution is -2.34. The van der Waals surface area contributed by atoms with E-state index >= 15 is 0 Å². The quantitative estimate of drug-likeness (QED) is 0.678. The van der Waals surface area contributed by atoms with Gasteiger partial charge >= 0.3 is 6.18 Å². The number of benzene rings is 2. The molecule has 0 radical (unpaired) electrons. The number of halogens is 4. The van der Waals surface area contributed by atoms with Crippen molar-refractivity contribution >= 4 is 11.8 Å². The van der Waals surface area contributed by atoms with Crippen LogP contribution in [0.3, 0.4) is 0 Å². The van der Waals surface area contributed by atoms with Crippen LogP contribution in [0.25, 0.3) is 0 Å². The van der Waals surface area contributed by atoms with Gasteiger partial charge in [-0.05, 0) is 60.1 Å². The Kier molecular flexibility index (Phi) is 5.97. The standard InChI is InChI=1S/C24H24F4N2O2/c1-14-9-21-19(20(14)12-29-23(32)16-3-2-4-18(25)10-16)11-22(31)30(21)13-15-5-7-17(8-6-15)24(26,27)28/h2-8,10,14,19-21H,9,11-13H2,1H3,(H,29,32)/t14-,19-,20+,21+/m0/s1. The summed E-state index contributed by atoms with van der Waals surface area (Å²) >= 11 is 0. The number of carbonyl (C=O) groups excluding carboxylic acids is 2. The summed E-state index contributed by atoms with van der Waals surface area (Å²) < 4.78 is 51.8. The van der Waals surface area contributed by atoms with Crippen molar-refractivity contribution in [2.24, 2.45) is 17.8 Å². The Morgan fingerprint density at radius 3 is 2.53 bits per heavy atom. The van der Waals surface area contributed by atoms with Gasteiger partial charge in [0.25, 0.3) is 5.91 Å². The Bertz CT molecular complexity index is 1010. The van der Waals surface area contributed by atoms with E-state index in [0.717, 1.165) is 18.6 Å². The fourth-order valence-electron chi connectivity index (χ4n) is 5.08. The van der Waals surface area contributed by atoms with E-state index < -0.39 is 17.6 Å². The van der Waals surface area contributed by atoms with Crippen molar-refractivity contribution in [1.82, 2.24) is 10.2 Å². The molecule has 0 spiro atoms. The van der Waals surface area contributed by atoms with Crippen LogP contribution in [0, 0.1) is 23.6 Å². The van der Waals surface area contributed by atoms with Gasteiger partial charge in [-0.1, -0.05) is 25.1 Å². The topological polar surface area (TPSA) is 49.4 Å². The van der Waals surface area contributed by atoms with Crippen LogP contribution in [0.2, 0.25) is 0 Å². The van der Waals surface area contributed by atoms with E-state index in [9.17, 15) is 27.2 Å². The fourth-order valence-corrected chi connectivity index (χ4v) is 5.08. The molecule has 32 heavy (non-hydrogen) atoms. The number of carbonyl (C=O) groups is 2. The van der Waals surface area contributed by atoms with E-state index in [1.165, 1.54) is 30.3 Å². The summed E-state index contributed by atoms with van der Waals surface area (Å²) in [6.45, 7) is 2.74. The second-order valence-corrected chi connectivity index (χ2v) is 8.75. The maximum atomic E-state index is 13.4. The minimum absolute atomic E-state index is 0.00383. The first-order valence-electron chi connectivity index (χ1n) is 10.6. The number of nitrogens with zero attached hydrogens (tertiary/aromatic N) is 1. The smallest absolute Gasteiger partial charge is 0.352 e. The fraction of sp³-hybridized carbons (Fsp3) is 0.417. The third-order valence-corrected chi connectivity index (χ3v) is 6.74. The minimum Gasteiger partial charge on any atom is -0.352 e. The zero-order valence-corrected chi connectivity index (χ0v) is 17.5. The van der Waals surface area contributed by atoms with Gasteiger partial charge in [0.2, 0.25) is 5.91 Å². The molecule has 4 nitrogen and oxygen atoms in total. The summed E-state index contributed by atoms with van der Waals surface area (Å²) in [6.07, 6.45) is -3.26. The van der Waals surface area contributed by atoms with Crippen molar-refractivity contribution in [2.75, 3.05) is 6.54 Å². The monoisotopic (exact) mass is 448 g/mol. The molecule has 0 unspecified atom stereocenters. The van der Waals surface area contributed by atoms with Gasteiger partial charge in [-0.25, -0.2) is 4.39 Å². The van der Waals surface area contributed by atoms with E-state index in [4.69, 9.17) is 0 Å². The molecule has 4 rings (SSSR count). The van der Waals surface area contributed by atoms with Crippen molar-refractivity contribution in [3.63, 3.8) is 0 Å². The first-order chi connectivity index (χ1) is 15.1. The van der Waals surface area contributed by atoms with E-state index in [0.29, 0.717) is 18.5 Å². The Hall–Kier alpha value is -2.90. The van der Waals surface area contributed by atoms with Crippen molar-refractivity contribution in [2.45, 2.75) is 38.5 Å². The van der Waals surface area contributed by atoms with E-state index in [-0.39, 0.29) is 47.7 Å². The SMILES string of the molecule is C[C@H]1C[C@@H]2[C@@H](CC(=O)N2Cc2ccc(C(F)(F)F)cc2)[C@@H]1CNC(=O)c1cccc(F)c1. The van der Waals surface area contributed by atoms with Crippen LogP contribution < -0.4 is 5.32 Å². The van der Waals surface area contributed by atoms with Crippen molar-refractivity contribution in [3.05, 3.63) is 71.0 Å². The lowest BCUT2D eigenvalue weighted by molar-refractivity contribution is -0.137. The molecule has 2 aliphatic rings. The Labute approximate surface area is 183 Å².